The molecule has 1 aromatic carbocycles. The molecule has 0 spiro atoms. The van der Waals surface area contributed by atoms with Crippen molar-refractivity contribution in [3.63, 3.8) is 0 Å². The van der Waals surface area contributed by atoms with Gasteiger partial charge in [-0.05, 0) is 13.0 Å². The van der Waals surface area contributed by atoms with E-state index in [0.29, 0.717) is 53.7 Å². The minimum absolute atomic E-state index is 0.155. The fourth-order valence-corrected chi connectivity index (χ4v) is 2.96. The van der Waals surface area contributed by atoms with E-state index in [-0.39, 0.29) is 12.5 Å². The number of amides is 1. The van der Waals surface area contributed by atoms with Gasteiger partial charge in [0.15, 0.2) is 0 Å². The summed E-state index contributed by atoms with van der Waals surface area (Å²) >= 11 is 6.20. The first kappa shape index (κ1) is 17.0. The van der Waals surface area contributed by atoms with Crippen molar-refractivity contribution < 1.29 is 19.2 Å². The van der Waals surface area contributed by atoms with Crippen molar-refractivity contribution in [2.45, 2.75) is 25.4 Å². The van der Waals surface area contributed by atoms with Crippen LogP contribution in [0.3, 0.4) is 0 Å². The zero-order valence-electron chi connectivity index (χ0n) is 13.3. The molecular formula is C17H19ClN2O4. The van der Waals surface area contributed by atoms with Gasteiger partial charge in [0, 0.05) is 38.2 Å². The summed E-state index contributed by atoms with van der Waals surface area (Å²) in [5.41, 5.74) is 0.419. The zero-order chi connectivity index (χ0) is 17.2. The molecule has 128 valence electrons. The van der Waals surface area contributed by atoms with E-state index >= 15 is 0 Å². The Morgan fingerprint density at radius 2 is 2.08 bits per heavy atom. The standard InChI is InChI=1S/C17H19ClN2O4/c1-11-14(15(20-24-11)12-4-2-3-5-13(12)18)16(21)19-10-17(22)6-8-23-9-7-17/h2-5,22H,6-10H2,1H3,(H,19,21). The van der Waals surface area contributed by atoms with Crippen LogP contribution in [0.1, 0.15) is 29.0 Å². The van der Waals surface area contributed by atoms with Crippen LogP contribution in [-0.2, 0) is 4.74 Å². The number of nitrogens with one attached hydrogen (secondary N) is 1. The number of aromatic nitrogens is 1. The lowest BCUT2D eigenvalue weighted by Gasteiger charge is -2.32. The molecule has 1 amide bonds. The molecule has 0 radical (unpaired) electrons. The lowest BCUT2D eigenvalue weighted by atomic mass is 9.94. The predicted molar refractivity (Wildman–Crippen MR) is 89.0 cm³/mol. The average molecular weight is 351 g/mol. The maximum Gasteiger partial charge on any atom is 0.257 e. The Balaban J connectivity index is 1.80. The molecule has 2 N–H and O–H groups in total. The second-order valence-electron chi connectivity index (χ2n) is 5.96. The highest BCUT2D eigenvalue weighted by Gasteiger charge is 2.31. The highest BCUT2D eigenvalue weighted by molar-refractivity contribution is 6.33. The Labute approximate surface area is 144 Å². The molecule has 1 aliphatic rings. The van der Waals surface area contributed by atoms with Crippen molar-refractivity contribution in [2.24, 2.45) is 0 Å². The van der Waals surface area contributed by atoms with Crippen LogP contribution in [0.15, 0.2) is 28.8 Å². The molecule has 1 saturated heterocycles. The summed E-state index contributed by atoms with van der Waals surface area (Å²) in [6.45, 7) is 2.81. The van der Waals surface area contributed by atoms with Gasteiger partial charge < -0.3 is 19.7 Å². The molecule has 0 atom stereocenters. The van der Waals surface area contributed by atoms with E-state index in [1.165, 1.54) is 0 Å². The van der Waals surface area contributed by atoms with Crippen molar-refractivity contribution in [3.05, 3.63) is 40.6 Å². The fraction of sp³-hybridized carbons (Fsp3) is 0.412. The predicted octanol–water partition coefficient (Wildman–Crippen LogP) is 2.57. The van der Waals surface area contributed by atoms with Crippen LogP contribution in [-0.4, -0.2) is 41.5 Å². The first-order chi connectivity index (χ1) is 11.5. The number of hydrogen-bond acceptors (Lipinski definition) is 5. The van der Waals surface area contributed by atoms with Crippen LogP contribution in [0, 0.1) is 6.92 Å². The van der Waals surface area contributed by atoms with Crippen LogP contribution in [0.4, 0.5) is 0 Å². The number of carbonyl (C=O) groups is 1. The first-order valence-electron chi connectivity index (χ1n) is 7.80. The summed E-state index contributed by atoms with van der Waals surface area (Å²) in [7, 11) is 0. The van der Waals surface area contributed by atoms with Gasteiger partial charge in [0.25, 0.3) is 5.91 Å². The Kier molecular flexibility index (Phi) is 4.89. The SMILES string of the molecule is Cc1onc(-c2ccccc2Cl)c1C(=O)NCC1(O)CCOCC1. The van der Waals surface area contributed by atoms with Crippen molar-refractivity contribution >= 4 is 17.5 Å². The topological polar surface area (TPSA) is 84.6 Å². The molecule has 2 heterocycles. The minimum atomic E-state index is -0.941. The third-order valence-corrected chi connectivity index (χ3v) is 4.55. The first-order valence-corrected chi connectivity index (χ1v) is 8.17. The van der Waals surface area contributed by atoms with Gasteiger partial charge >= 0.3 is 0 Å². The third-order valence-electron chi connectivity index (χ3n) is 4.22. The Morgan fingerprint density at radius 1 is 1.38 bits per heavy atom. The number of carbonyl (C=O) groups excluding carboxylic acids is 1. The van der Waals surface area contributed by atoms with E-state index < -0.39 is 5.60 Å². The van der Waals surface area contributed by atoms with Crippen molar-refractivity contribution in [2.75, 3.05) is 19.8 Å². The largest absolute Gasteiger partial charge is 0.388 e. The monoisotopic (exact) mass is 350 g/mol. The Morgan fingerprint density at radius 3 is 2.79 bits per heavy atom. The summed E-state index contributed by atoms with van der Waals surface area (Å²) in [6, 6.07) is 7.13. The molecule has 6 nitrogen and oxygen atoms in total. The molecule has 1 fully saturated rings. The molecule has 24 heavy (non-hydrogen) atoms. The lowest BCUT2D eigenvalue weighted by molar-refractivity contribution is -0.0605. The highest BCUT2D eigenvalue weighted by atomic mass is 35.5. The van der Waals surface area contributed by atoms with Crippen molar-refractivity contribution in [1.29, 1.82) is 0 Å². The summed E-state index contributed by atoms with van der Waals surface area (Å²) in [5, 5.41) is 17.7. The zero-order valence-corrected chi connectivity index (χ0v) is 14.1. The van der Waals surface area contributed by atoms with Gasteiger partial charge in [-0.1, -0.05) is 35.0 Å². The molecular weight excluding hydrogens is 332 g/mol. The molecule has 0 unspecified atom stereocenters. The number of halogens is 1. The van der Waals surface area contributed by atoms with Gasteiger partial charge in [0.2, 0.25) is 0 Å². The molecule has 1 aromatic heterocycles. The second-order valence-corrected chi connectivity index (χ2v) is 6.37. The summed E-state index contributed by atoms with van der Waals surface area (Å²) < 4.78 is 10.4. The third kappa shape index (κ3) is 3.45. The van der Waals surface area contributed by atoms with Crippen LogP contribution in [0.2, 0.25) is 5.02 Å². The summed E-state index contributed by atoms with van der Waals surface area (Å²) in [6.07, 6.45) is 0.987. The van der Waals surface area contributed by atoms with Crippen LogP contribution < -0.4 is 5.32 Å². The quantitative estimate of drug-likeness (QED) is 0.885. The number of hydrogen-bond donors (Lipinski definition) is 2. The molecule has 7 heteroatoms. The average Bonchev–Trinajstić information content (AvgIpc) is 2.95. The van der Waals surface area contributed by atoms with Crippen molar-refractivity contribution in [3.8, 4) is 11.3 Å². The van der Waals surface area contributed by atoms with Gasteiger partial charge in [-0.2, -0.15) is 0 Å². The molecule has 1 aliphatic heterocycles. The van der Waals surface area contributed by atoms with Crippen LogP contribution in [0.25, 0.3) is 11.3 Å². The second kappa shape index (κ2) is 6.93. The lowest BCUT2D eigenvalue weighted by Crippen LogP contribution is -2.46. The molecule has 0 aliphatic carbocycles. The number of aliphatic hydroxyl groups is 1. The number of ether oxygens (including phenoxy) is 1. The fourth-order valence-electron chi connectivity index (χ4n) is 2.74. The number of rotatable bonds is 4. The molecule has 2 aromatic rings. The van der Waals surface area contributed by atoms with Crippen LogP contribution >= 0.6 is 11.6 Å². The maximum atomic E-state index is 12.6. The Bertz CT molecular complexity index is 738. The van der Waals surface area contributed by atoms with Gasteiger partial charge in [0.05, 0.1) is 10.6 Å². The van der Waals surface area contributed by atoms with E-state index in [2.05, 4.69) is 10.5 Å². The van der Waals surface area contributed by atoms with E-state index in [1.54, 1.807) is 25.1 Å². The molecule has 0 bridgehead atoms. The number of nitrogens with zero attached hydrogens (tertiary/aromatic N) is 1. The minimum Gasteiger partial charge on any atom is -0.388 e. The van der Waals surface area contributed by atoms with Gasteiger partial charge in [0.1, 0.15) is 17.0 Å². The normalized spacial score (nSPS) is 16.8. The van der Waals surface area contributed by atoms with Gasteiger partial charge in [-0.25, -0.2) is 0 Å². The molecule has 0 saturated carbocycles. The smallest absolute Gasteiger partial charge is 0.257 e. The Hall–Kier alpha value is -1.89. The highest BCUT2D eigenvalue weighted by Crippen LogP contribution is 2.31. The van der Waals surface area contributed by atoms with Crippen LogP contribution in [0.5, 0.6) is 0 Å². The van der Waals surface area contributed by atoms with E-state index in [4.69, 9.17) is 20.9 Å². The number of aryl methyl sites for hydroxylation is 1. The van der Waals surface area contributed by atoms with Crippen molar-refractivity contribution in [1.82, 2.24) is 10.5 Å². The summed E-state index contributed by atoms with van der Waals surface area (Å²) in [4.78, 5) is 12.6. The van der Waals surface area contributed by atoms with E-state index in [1.807, 2.05) is 6.07 Å². The number of benzene rings is 1. The molecule has 3 rings (SSSR count). The van der Waals surface area contributed by atoms with E-state index in [9.17, 15) is 9.90 Å². The van der Waals surface area contributed by atoms with E-state index in [0.717, 1.165) is 0 Å². The maximum absolute atomic E-state index is 12.6. The van der Waals surface area contributed by atoms with Gasteiger partial charge in [-0.15, -0.1) is 0 Å². The summed E-state index contributed by atoms with van der Waals surface area (Å²) in [5.74, 6) is 0.0602. The van der Waals surface area contributed by atoms with Gasteiger partial charge in [-0.3, -0.25) is 4.79 Å².